The lowest BCUT2D eigenvalue weighted by Gasteiger charge is -2.24. The minimum atomic E-state index is 0.143. The van der Waals surface area contributed by atoms with Crippen molar-refractivity contribution in [3.63, 3.8) is 0 Å². The van der Waals surface area contributed by atoms with Crippen LogP contribution in [0.3, 0.4) is 0 Å². The Morgan fingerprint density at radius 1 is 1.42 bits per heavy atom. The minimum absolute atomic E-state index is 0.143. The minimum Gasteiger partial charge on any atom is -0.356 e. The number of nitrogens with one attached hydrogen (secondary N) is 1. The molecule has 2 heterocycles. The highest BCUT2D eigenvalue weighted by atomic mass is 15.2. The summed E-state index contributed by atoms with van der Waals surface area (Å²) in [4.78, 5) is 7.07. The van der Waals surface area contributed by atoms with Crippen LogP contribution in [-0.4, -0.2) is 23.6 Å². The van der Waals surface area contributed by atoms with Crippen molar-refractivity contribution < 1.29 is 0 Å². The molecule has 0 amide bonds. The Balaban J connectivity index is 2.08. The summed E-state index contributed by atoms with van der Waals surface area (Å²) in [7, 11) is 0. The Hall–Kier alpha value is -1.09. The molecule has 0 saturated carbocycles. The van der Waals surface area contributed by atoms with Gasteiger partial charge in [-0.05, 0) is 39.2 Å². The number of nitrogens with zero attached hydrogens (tertiary/aromatic N) is 2. The van der Waals surface area contributed by atoms with E-state index in [1.54, 1.807) is 0 Å². The maximum atomic E-state index is 4.62. The highest BCUT2D eigenvalue weighted by Gasteiger charge is 2.23. The number of aromatic nitrogens is 1. The molecule has 1 atom stereocenters. The van der Waals surface area contributed by atoms with Crippen molar-refractivity contribution in [3.8, 4) is 0 Å². The average molecular weight is 261 g/mol. The molecule has 19 heavy (non-hydrogen) atoms. The Labute approximate surface area is 117 Å². The Morgan fingerprint density at radius 2 is 2.21 bits per heavy atom. The van der Waals surface area contributed by atoms with Crippen molar-refractivity contribution in [1.82, 2.24) is 10.3 Å². The second-order valence-corrected chi connectivity index (χ2v) is 6.60. The van der Waals surface area contributed by atoms with Gasteiger partial charge in [-0.2, -0.15) is 0 Å². The molecular weight excluding hydrogens is 234 g/mol. The van der Waals surface area contributed by atoms with Crippen LogP contribution in [0.25, 0.3) is 0 Å². The largest absolute Gasteiger partial charge is 0.356 e. The van der Waals surface area contributed by atoms with Crippen molar-refractivity contribution in [3.05, 3.63) is 23.9 Å². The van der Waals surface area contributed by atoms with Gasteiger partial charge in [0.05, 0.1) is 0 Å². The van der Waals surface area contributed by atoms with Crippen LogP contribution < -0.4 is 10.2 Å². The molecule has 1 aromatic heterocycles. The molecule has 0 radical (unpaired) electrons. The lowest BCUT2D eigenvalue weighted by Crippen LogP contribution is -2.35. The predicted molar refractivity (Wildman–Crippen MR) is 81.4 cm³/mol. The van der Waals surface area contributed by atoms with Gasteiger partial charge in [0.25, 0.3) is 0 Å². The fraction of sp³-hybridized carbons (Fsp3) is 0.688. The van der Waals surface area contributed by atoms with Crippen LogP contribution in [0.15, 0.2) is 18.3 Å². The van der Waals surface area contributed by atoms with Crippen LogP contribution >= 0.6 is 0 Å². The summed E-state index contributed by atoms with van der Waals surface area (Å²) in [5.74, 6) is 2.01. The van der Waals surface area contributed by atoms with E-state index in [9.17, 15) is 0 Å². The van der Waals surface area contributed by atoms with Gasteiger partial charge in [-0.3, -0.25) is 0 Å². The molecule has 0 aliphatic carbocycles. The molecule has 1 unspecified atom stereocenters. The molecule has 0 bridgehead atoms. The van der Waals surface area contributed by atoms with E-state index in [4.69, 9.17) is 0 Å². The Morgan fingerprint density at radius 3 is 2.84 bits per heavy atom. The zero-order valence-electron chi connectivity index (χ0n) is 12.7. The third kappa shape index (κ3) is 3.93. The summed E-state index contributed by atoms with van der Waals surface area (Å²) >= 11 is 0. The van der Waals surface area contributed by atoms with Gasteiger partial charge in [0, 0.05) is 36.9 Å². The number of rotatable bonds is 4. The molecule has 1 fully saturated rings. The molecular formula is C16H27N3. The van der Waals surface area contributed by atoms with E-state index >= 15 is 0 Å². The van der Waals surface area contributed by atoms with Crippen LogP contribution in [-0.2, 0) is 6.54 Å². The van der Waals surface area contributed by atoms with Gasteiger partial charge in [0.1, 0.15) is 5.82 Å². The van der Waals surface area contributed by atoms with Crippen molar-refractivity contribution in [1.29, 1.82) is 0 Å². The van der Waals surface area contributed by atoms with Gasteiger partial charge in [-0.15, -0.1) is 0 Å². The van der Waals surface area contributed by atoms with Gasteiger partial charge in [-0.1, -0.05) is 19.4 Å². The second-order valence-electron chi connectivity index (χ2n) is 6.60. The van der Waals surface area contributed by atoms with E-state index in [-0.39, 0.29) is 5.54 Å². The third-order valence-electron chi connectivity index (χ3n) is 3.84. The van der Waals surface area contributed by atoms with Crippen LogP contribution in [0.2, 0.25) is 0 Å². The molecule has 3 heteroatoms. The highest BCUT2D eigenvalue weighted by Crippen LogP contribution is 2.26. The lowest BCUT2D eigenvalue weighted by molar-refractivity contribution is 0.424. The molecule has 1 saturated heterocycles. The van der Waals surface area contributed by atoms with E-state index in [0.29, 0.717) is 0 Å². The quantitative estimate of drug-likeness (QED) is 0.902. The highest BCUT2D eigenvalue weighted by molar-refractivity contribution is 5.47. The van der Waals surface area contributed by atoms with Crippen LogP contribution in [0, 0.1) is 5.92 Å². The van der Waals surface area contributed by atoms with Gasteiger partial charge in [0.2, 0.25) is 0 Å². The first-order valence-electron chi connectivity index (χ1n) is 7.43. The topological polar surface area (TPSA) is 28.2 Å². The third-order valence-corrected chi connectivity index (χ3v) is 3.84. The summed E-state index contributed by atoms with van der Waals surface area (Å²) in [6.45, 7) is 12.1. The zero-order valence-corrected chi connectivity index (χ0v) is 12.7. The lowest BCUT2D eigenvalue weighted by atomic mass is 10.1. The summed E-state index contributed by atoms with van der Waals surface area (Å²) in [6.07, 6.45) is 4.49. The Bertz CT molecular complexity index is 409. The van der Waals surface area contributed by atoms with Crippen LogP contribution in [0.1, 0.15) is 46.1 Å². The average Bonchev–Trinajstić information content (AvgIpc) is 2.84. The molecule has 2 rings (SSSR count). The molecule has 1 aliphatic rings. The summed E-state index contributed by atoms with van der Waals surface area (Å²) in [6, 6.07) is 4.23. The van der Waals surface area contributed by atoms with Crippen LogP contribution in [0.5, 0.6) is 0 Å². The van der Waals surface area contributed by atoms with E-state index in [0.717, 1.165) is 25.6 Å². The summed E-state index contributed by atoms with van der Waals surface area (Å²) < 4.78 is 0. The first-order chi connectivity index (χ1) is 8.99. The summed E-state index contributed by atoms with van der Waals surface area (Å²) in [5.41, 5.74) is 1.46. The molecule has 0 aromatic carbocycles. The summed E-state index contributed by atoms with van der Waals surface area (Å²) in [5, 5.41) is 3.56. The van der Waals surface area contributed by atoms with Crippen molar-refractivity contribution >= 4 is 5.82 Å². The maximum Gasteiger partial charge on any atom is 0.133 e. The molecule has 106 valence electrons. The second kappa shape index (κ2) is 5.91. The van der Waals surface area contributed by atoms with Gasteiger partial charge in [0.15, 0.2) is 0 Å². The SMILES string of the molecule is CCC1CCN(c2ncccc2CNC(C)(C)C)C1. The van der Waals surface area contributed by atoms with E-state index in [2.05, 4.69) is 49.0 Å². The predicted octanol–water partition coefficient (Wildman–Crippen LogP) is 3.21. The number of anilines is 1. The smallest absolute Gasteiger partial charge is 0.133 e. The van der Waals surface area contributed by atoms with Gasteiger partial charge < -0.3 is 10.2 Å². The van der Waals surface area contributed by atoms with Gasteiger partial charge in [-0.25, -0.2) is 4.98 Å². The van der Waals surface area contributed by atoms with E-state index in [1.165, 1.54) is 24.2 Å². The van der Waals surface area contributed by atoms with Crippen molar-refractivity contribution in [2.75, 3.05) is 18.0 Å². The normalized spacial score (nSPS) is 20.0. The van der Waals surface area contributed by atoms with Crippen molar-refractivity contribution in [2.45, 2.75) is 52.6 Å². The first kappa shape index (κ1) is 14.3. The fourth-order valence-electron chi connectivity index (χ4n) is 2.57. The number of hydrogen-bond donors (Lipinski definition) is 1. The standard InChI is InChI=1S/C16H27N3/c1-5-13-8-10-19(12-13)15-14(7-6-9-17-15)11-18-16(2,3)4/h6-7,9,13,18H,5,8,10-12H2,1-4H3. The number of pyridine rings is 1. The Kier molecular flexibility index (Phi) is 4.46. The monoisotopic (exact) mass is 261 g/mol. The zero-order chi connectivity index (χ0) is 13.9. The molecule has 1 aliphatic heterocycles. The first-order valence-corrected chi connectivity index (χ1v) is 7.43. The molecule has 3 nitrogen and oxygen atoms in total. The fourth-order valence-corrected chi connectivity index (χ4v) is 2.57. The van der Waals surface area contributed by atoms with Crippen LogP contribution in [0.4, 0.5) is 5.82 Å². The van der Waals surface area contributed by atoms with E-state index in [1.807, 2.05) is 12.3 Å². The van der Waals surface area contributed by atoms with Crippen molar-refractivity contribution in [2.24, 2.45) is 5.92 Å². The molecule has 1 N–H and O–H groups in total. The maximum absolute atomic E-state index is 4.62. The van der Waals surface area contributed by atoms with E-state index < -0.39 is 0 Å². The molecule has 0 spiro atoms. The number of hydrogen-bond acceptors (Lipinski definition) is 3. The van der Waals surface area contributed by atoms with Gasteiger partial charge >= 0.3 is 0 Å². The molecule has 1 aromatic rings.